The minimum atomic E-state index is -0.968. The quantitative estimate of drug-likeness (QED) is 0.313. The maximum Gasteiger partial charge on any atom is 0.317 e. The zero-order valence-corrected chi connectivity index (χ0v) is 7.94. The van der Waals surface area contributed by atoms with E-state index in [1.54, 1.807) is 0 Å². The Morgan fingerprint density at radius 2 is 1.00 bits per heavy atom. The molecule has 0 atom stereocenters. The molecule has 0 amide bonds. The predicted molar refractivity (Wildman–Crippen MR) is 43.4 cm³/mol. The van der Waals surface area contributed by atoms with Crippen LogP contribution < -0.4 is 23.8 Å². The summed E-state index contributed by atoms with van der Waals surface area (Å²) in [6.07, 6.45) is 0. The zero-order valence-electron chi connectivity index (χ0n) is 7.00. The van der Waals surface area contributed by atoms with Crippen LogP contribution in [0.3, 0.4) is 0 Å². The van der Waals surface area contributed by atoms with Crippen LogP contribution in [0.1, 0.15) is 0 Å². The smallest absolute Gasteiger partial charge is 0.317 e. The Morgan fingerprint density at radius 3 is 1.00 bits per heavy atom. The third kappa shape index (κ3) is 89.8. The molecule has 0 fully saturated rings. The average molecular weight is 248 g/mol. The first kappa shape index (κ1) is 29.5. The van der Waals surface area contributed by atoms with Crippen molar-refractivity contribution in [3.8, 4) is 0 Å². The first-order valence-corrected chi connectivity index (χ1v) is 2.38. The van der Waals surface area contributed by atoms with Crippen LogP contribution >= 0.6 is 0 Å². The minimum absolute atomic E-state index is 0. The molecule has 0 spiro atoms. The fourth-order valence-corrected chi connectivity index (χ4v) is 0. The second-order valence-corrected chi connectivity index (χ2v) is 1.20. The van der Waals surface area contributed by atoms with Crippen LogP contribution in [-0.2, 0) is 26.7 Å². The molecule has 12 N–H and O–H groups in total. The van der Waals surface area contributed by atoms with Crippen molar-refractivity contribution in [3.63, 3.8) is 0 Å². The molecule has 0 rings (SSSR count). The third-order valence-electron chi connectivity index (χ3n) is 0.349. The van der Waals surface area contributed by atoms with Gasteiger partial charge in [-0.2, -0.15) is 0 Å². The van der Waals surface area contributed by atoms with E-state index in [1.807, 2.05) is 0 Å². The topological polar surface area (TPSA) is 197 Å². The van der Waals surface area contributed by atoms with Crippen LogP contribution in [-0.4, -0.2) is 35.2 Å². The Balaban J connectivity index is -0.0000000267. The molecule has 0 aromatic heterocycles. The second-order valence-electron chi connectivity index (χ2n) is 1.20. The summed E-state index contributed by atoms with van der Waals surface area (Å²) in [6.45, 7) is -0.556. The molecule has 0 heterocycles. The molecule has 0 aromatic carbocycles. The van der Waals surface area contributed by atoms with Gasteiger partial charge in [-0.3, -0.25) is 9.59 Å². The normalized spacial score (nSPS) is 5.69. The standard InChI is InChI=1S/2C2H5NO2.Cu.2H3N/c2*3-1-2(4)5;;;/h2*1,3H2,(H,4,5);;2*1H3. The van der Waals surface area contributed by atoms with Gasteiger partial charge in [0.25, 0.3) is 0 Å². The van der Waals surface area contributed by atoms with Crippen LogP contribution in [0.4, 0.5) is 0 Å². The average Bonchev–Trinajstić information content (AvgIpc) is 1.89. The van der Waals surface area contributed by atoms with Gasteiger partial charge in [0.05, 0.1) is 13.1 Å². The number of hydrogen-bond donors (Lipinski definition) is 6. The van der Waals surface area contributed by atoms with Crippen molar-refractivity contribution in [2.24, 2.45) is 11.5 Å². The molecule has 0 aliphatic carbocycles. The number of aliphatic carboxylic acids is 2. The first-order valence-electron chi connectivity index (χ1n) is 2.38. The molecule has 13 heavy (non-hydrogen) atoms. The predicted octanol–water partition coefficient (Wildman–Crippen LogP) is -1.62. The molecule has 1 radical (unpaired) electrons. The van der Waals surface area contributed by atoms with Crippen LogP contribution in [0, 0.1) is 0 Å². The fourth-order valence-electron chi connectivity index (χ4n) is 0. The Kier molecular flexibility index (Phi) is 51.0. The molecule has 0 aliphatic rings. The van der Waals surface area contributed by atoms with Crippen LogP contribution in [0.2, 0.25) is 0 Å². The zero-order chi connectivity index (χ0) is 8.57. The Hall–Kier alpha value is -0.701. The van der Waals surface area contributed by atoms with Crippen LogP contribution in [0.25, 0.3) is 0 Å². The largest absolute Gasteiger partial charge is 0.480 e. The summed E-state index contributed by atoms with van der Waals surface area (Å²) in [6, 6.07) is 0. The molecule has 0 unspecified atom stereocenters. The van der Waals surface area contributed by atoms with E-state index in [0.717, 1.165) is 0 Å². The summed E-state index contributed by atoms with van der Waals surface area (Å²) in [7, 11) is 0. The number of hydrogen-bond acceptors (Lipinski definition) is 6. The van der Waals surface area contributed by atoms with Crippen LogP contribution in [0.5, 0.6) is 0 Å². The van der Waals surface area contributed by atoms with E-state index in [0.29, 0.717) is 0 Å². The summed E-state index contributed by atoms with van der Waals surface area (Å²) in [5.41, 5.74) is 9.14. The molecular formula is C4H16CuN4O4. The summed E-state index contributed by atoms with van der Waals surface area (Å²) in [5, 5.41) is 15.2. The number of carbonyl (C=O) groups is 2. The Labute approximate surface area is 86.3 Å². The van der Waals surface area contributed by atoms with Crippen molar-refractivity contribution in [1.82, 2.24) is 12.3 Å². The summed E-state index contributed by atoms with van der Waals surface area (Å²) in [5.74, 6) is -1.94. The van der Waals surface area contributed by atoms with Crippen molar-refractivity contribution in [2.75, 3.05) is 13.1 Å². The summed E-state index contributed by atoms with van der Waals surface area (Å²) >= 11 is 0. The van der Waals surface area contributed by atoms with Gasteiger partial charge in [-0.15, -0.1) is 0 Å². The van der Waals surface area contributed by atoms with E-state index in [-0.39, 0.29) is 42.5 Å². The monoisotopic (exact) mass is 247 g/mol. The third-order valence-corrected chi connectivity index (χ3v) is 0.349. The van der Waals surface area contributed by atoms with Gasteiger partial charge in [0.1, 0.15) is 0 Å². The molecular weight excluding hydrogens is 232 g/mol. The molecule has 0 bridgehead atoms. The molecule has 0 aliphatic heterocycles. The van der Waals surface area contributed by atoms with Gasteiger partial charge in [0, 0.05) is 17.1 Å². The van der Waals surface area contributed by atoms with Crippen molar-refractivity contribution in [2.45, 2.75) is 0 Å². The second kappa shape index (κ2) is 22.5. The van der Waals surface area contributed by atoms with Gasteiger partial charge >= 0.3 is 11.9 Å². The number of nitrogens with two attached hydrogens (primary N) is 2. The van der Waals surface area contributed by atoms with E-state index >= 15 is 0 Å². The van der Waals surface area contributed by atoms with Crippen LogP contribution in [0.15, 0.2) is 0 Å². The van der Waals surface area contributed by atoms with E-state index in [9.17, 15) is 9.59 Å². The van der Waals surface area contributed by atoms with Gasteiger partial charge < -0.3 is 34.0 Å². The van der Waals surface area contributed by atoms with Crippen molar-refractivity contribution in [1.29, 1.82) is 0 Å². The van der Waals surface area contributed by atoms with Gasteiger partial charge in [0.2, 0.25) is 0 Å². The minimum Gasteiger partial charge on any atom is -0.480 e. The molecule has 8 nitrogen and oxygen atoms in total. The van der Waals surface area contributed by atoms with E-state index in [2.05, 4.69) is 11.5 Å². The van der Waals surface area contributed by atoms with Gasteiger partial charge in [-0.1, -0.05) is 0 Å². The van der Waals surface area contributed by atoms with Crippen molar-refractivity contribution in [3.05, 3.63) is 0 Å². The molecule has 9 heteroatoms. The molecule has 0 aromatic rings. The van der Waals surface area contributed by atoms with E-state index in [1.165, 1.54) is 0 Å². The van der Waals surface area contributed by atoms with Crippen molar-refractivity contribution < 1.29 is 36.9 Å². The summed E-state index contributed by atoms with van der Waals surface area (Å²) in [4.78, 5) is 18.5. The summed E-state index contributed by atoms with van der Waals surface area (Å²) < 4.78 is 0. The molecule has 87 valence electrons. The Bertz CT molecular complexity index is 109. The fraction of sp³-hybridized carbons (Fsp3) is 0.500. The van der Waals surface area contributed by atoms with Gasteiger partial charge in [-0.05, 0) is 0 Å². The number of rotatable bonds is 2. The molecule has 0 saturated heterocycles. The first-order chi connectivity index (χ1) is 4.54. The number of carboxylic acids is 2. The van der Waals surface area contributed by atoms with Gasteiger partial charge in [-0.25, -0.2) is 0 Å². The maximum absolute atomic E-state index is 9.24. The number of carboxylic acid groups (broad SMARTS) is 2. The maximum atomic E-state index is 9.24. The Morgan fingerprint density at radius 1 is 0.923 bits per heavy atom. The van der Waals surface area contributed by atoms with Crippen molar-refractivity contribution >= 4 is 11.9 Å². The van der Waals surface area contributed by atoms with E-state index < -0.39 is 11.9 Å². The van der Waals surface area contributed by atoms with E-state index in [4.69, 9.17) is 10.2 Å². The van der Waals surface area contributed by atoms with Gasteiger partial charge in [0.15, 0.2) is 0 Å². The molecule has 0 saturated carbocycles. The SMILES string of the molecule is N.N.NCC(=O)O.NCC(=O)O.[Cu].